The van der Waals surface area contributed by atoms with Crippen molar-refractivity contribution in [3.8, 4) is 0 Å². The number of aryl methyl sites for hydroxylation is 1. The van der Waals surface area contributed by atoms with Gasteiger partial charge in [-0.25, -0.2) is 0 Å². The normalized spacial score (nSPS) is 16.1. The van der Waals surface area contributed by atoms with Crippen LogP contribution in [0.2, 0.25) is 0 Å². The zero-order chi connectivity index (χ0) is 21.3. The van der Waals surface area contributed by atoms with Crippen molar-refractivity contribution in [2.75, 3.05) is 26.2 Å². The molecule has 158 valence electrons. The van der Waals surface area contributed by atoms with Crippen molar-refractivity contribution in [2.45, 2.75) is 39.7 Å². The summed E-state index contributed by atoms with van der Waals surface area (Å²) in [6.45, 7) is 9.85. The zero-order valence-electron chi connectivity index (χ0n) is 17.8. The largest absolute Gasteiger partial charge is 0.450 e. The van der Waals surface area contributed by atoms with E-state index in [1.54, 1.807) is 11.3 Å². The topological polar surface area (TPSA) is 53.8 Å². The summed E-state index contributed by atoms with van der Waals surface area (Å²) >= 11 is 1.58. The van der Waals surface area contributed by atoms with Gasteiger partial charge in [-0.1, -0.05) is 32.9 Å². The van der Waals surface area contributed by atoms with Gasteiger partial charge in [-0.05, 0) is 61.6 Å². The van der Waals surface area contributed by atoms with Crippen LogP contribution in [0.5, 0.6) is 0 Å². The molecule has 5 nitrogen and oxygen atoms in total. The van der Waals surface area contributed by atoms with Gasteiger partial charge in [0.05, 0.1) is 17.0 Å². The molecule has 6 heteroatoms. The molecule has 0 spiro atoms. The minimum Gasteiger partial charge on any atom is -0.450 e. The Morgan fingerprint density at radius 2 is 1.93 bits per heavy atom. The maximum Gasteiger partial charge on any atom is 0.290 e. The Labute approximate surface area is 180 Å². The predicted octanol–water partition coefficient (Wildman–Crippen LogP) is 4.69. The average molecular weight is 425 g/mol. The van der Waals surface area contributed by atoms with Crippen LogP contribution in [0.3, 0.4) is 0 Å². The molecule has 1 aromatic carbocycles. The minimum absolute atomic E-state index is 0.0838. The lowest BCUT2D eigenvalue weighted by molar-refractivity contribution is 0.0722. The summed E-state index contributed by atoms with van der Waals surface area (Å²) in [7, 11) is 0. The molecule has 30 heavy (non-hydrogen) atoms. The molecule has 0 aliphatic carbocycles. The molecule has 1 unspecified atom stereocenters. The van der Waals surface area contributed by atoms with Gasteiger partial charge in [-0.2, -0.15) is 0 Å². The van der Waals surface area contributed by atoms with Gasteiger partial charge in [0, 0.05) is 11.4 Å². The average Bonchev–Trinajstić information content (AvgIpc) is 3.38. The first-order valence-electron chi connectivity index (χ1n) is 10.7. The number of carbonyl (C=O) groups is 1. The number of thiophene rings is 1. The van der Waals surface area contributed by atoms with E-state index in [0.29, 0.717) is 23.1 Å². The fraction of sp³-hybridized carbons (Fsp3) is 0.417. The number of nitrogens with zero attached hydrogens (tertiary/aromatic N) is 2. The molecule has 1 atom stereocenters. The number of fused-ring (bicyclic) bond motifs is 2. The summed E-state index contributed by atoms with van der Waals surface area (Å²) in [6.07, 6.45) is 1.70. The van der Waals surface area contributed by atoms with Crippen LogP contribution in [0.4, 0.5) is 0 Å². The minimum atomic E-state index is -0.366. The first-order chi connectivity index (χ1) is 14.6. The number of rotatable bonds is 8. The van der Waals surface area contributed by atoms with Gasteiger partial charge in [0.25, 0.3) is 5.91 Å². The lowest BCUT2D eigenvalue weighted by Crippen LogP contribution is -2.33. The lowest BCUT2D eigenvalue weighted by Gasteiger charge is -2.25. The Bertz CT molecular complexity index is 1100. The first kappa shape index (κ1) is 20.8. The summed E-state index contributed by atoms with van der Waals surface area (Å²) in [5.74, 6) is 0.0273. The van der Waals surface area contributed by atoms with Crippen molar-refractivity contribution in [3.05, 3.63) is 67.7 Å². The second kappa shape index (κ2) is 8.74. The van der Waals surface area contributed by atoms with Crippen LogP contribution in [0.25, 0.3) is 11.0 Å². The van der Waals surface area contributed by atoms with E-state index < -0.39 is 0 Å². The molecule has 1 aliphatic rings. The second-order valence-electron chi connectivity index (χ2n) is 7.65. The Morgan fingerprint density at radius 1 is 1.13 bits per heavy atom. The fourth-order valence-corrected chi connectivity index (χ4v) is 5.11. The van der Waals surface area contributed by atoms with Crippen molar-refractivity contribution in [1.82, 2.24) is 9.80 Å². The SMILES string of the molecule is CCc1ccc2oc3c(c(=O)c2c1)C(c1cccs1)N(CCCN(CC)CC)C3=O. The summed E-state index contributed by atoms with van der Waals surface area (Å²) < 4.78 is 6.03. The van der Waals surface area contributed by atoms with Crippen LogP contribution in [0.1, 0.15) is 59.8 Å². The quantitative estimate of drug-likeness (QED) is 0.526. The molecule has 0 saturated carbocycles. The number of hydrogen-bond donors (Lipinski definition) is 0. The molecule has 0 bridgehead atoms. The van der Waals surface area contributed by atoms with Crippen LogP contribution in [0.15, 0.2) is 44.9 Å². The third-order valence-corrected chi connectivity index (χ3v) is 6.94. The Balaban J connectivity index is 1.77. The van der Waals surface area contributed by atoms with Gasteiger partial charge in [-0.15, -0.1) is 11.3 Å². The highest BCUT2D eigenvalue weighted by Crippen LogP contribution is 2.39. The molecule has 1 amide bonds. The van der Waals surface area contributed by atoms with Gasteiger partial charge < -0.3 is 14.2 Å². The highest BCUT2D eigenvalue weighted by atomic mass is 32.1. The highest BCUT2D eigenvalue weighted by molar-refractivity contribution is 7.10. The van der Waals surface area contributed by atoms with Gasteiger partial charge >= 0.3 is 0 Å². The van der Waals surface area contributed by atoms with E-state index in [1.807, 2.05) is 40.6 Å². The number of amides is 1. The van der Waals surface area contributed by atoms with E-state index in [4.69, 9.17) is 4.42 Å². The summed E-state index contributed by atoms with van der Waals surface area (Å²) in [4.78, 5) is 32.0. The van der Waals surface area contributed by atoms with E-state index in [0.717, 1.165) is 42.9 Å². The number of hydrogen-bond acceptors (Lipinski definition) is 5. The Hall–Kier alpha value is -2.44. The van der Waals surface area contributed by atoms with Crippen molar-refractivity contribution in [2.24, 2.45) is 0 Å². The predicted molar refractivity (Wildman–Crippen MR) is 121 cm³/mol. The molecular formula is C24H28N2O3S. The molecule has 0 N–H and O–H groups in total. The van der Waals surface area contributed by atoms with Crippen LogP contribution in [0, 0.1) is 0 Å². The maximum absolute atomic E-state index is 13.5. The third kappa shape index (κ3) is 3.59. The standard InChI is InChI=1S/C24H28N2O3S/c1-4-16-10-11-18-17(15-16)22(27)20-21(19-9-7-14-30-19)26(24(28)23(20)29-18)13-8-12-25(5-2)6-3/h7,9-11,14-15,21H,4-6,8,12-13H2,1-3H3. The van der Waals surface area contributed by atoms with E-state index in [-0.39, 0.29) is 23.1 Å². The number of benzene rings is 1. The first-order valence-corrected chi connectivity index (χ1v) is 11.6. The molecule has 0 fully saturated rings. The van der Waals surface area contributed by atoms with Crippen molar-refractivity contribution >= 4 is 28.2 Å². The zero-order valence-corrected chi connectivity index (χ0v) is 18.6. The maximum atomic E-state index is 13.5. The van der Waals surface area contributed by atoms with E-state index in [2.05, 4.69) is 25.7 Å². The molecule has 0 saturated heterocycles. The van der Waals surface area contributed by atoms with Crippen LogP contribution >= 0.6 is 11.3 Å². The molecule has 2 aromatic heterocycles. The molecule has 3 aromatic rings. The van der Waals surface area contributed by atoms with Crippen molar-refractivity contribution in [1.29, 1.82) is 0 Å². The summed E-state index contributed by atoms with van der Waals surface area (Å²) in [5, 5.41) is 2.55. The smallest absolute Gasteiger partial charge is 0.290 e. The highest BCUT2D eigenvalue weighted by Gasteiger charge is 2.42. The second-order valence-corrected chi connectivity index (χ2v) is 8.63. The molecular weight excluding hydrogens is 396 g/mol. The Morgan fingerprint density at radius 3 is 2.60 bits per heavy atom. The lowest BCUT2D eigenvalue weighted by atomic mass is 10.0. The third-order valence-electron chi connectivity index (χ3n) is 6.02. The summed E-state index contributed by atoms with van der Waals surface area (Å²) in [5.41, 5.74) is 1.98. The molecule has 0 radical (unpaired) electrons. The number of carbonyl (C=O) groups excluding carboxylic acids is 1. The van der Waals surface area contributed by atoms with Crippen LogP contribution in [-0.4, -0.2) is 41.9 Å². The van der Waals surface area contributed by atoms with Gasteiger partial charge in [-0.3, -0.25) is 9.59 Å². The van der Waals surface area contributed by atoms with E-state index in [9.17, 15) is 9.59 Å². The van der Waals surface area contributed by atoms with Crippen molar-refractivity contribution in [3.63, 3.8) is 0 Å². The van der Waals surface area contributed by atoms with Crippen LogP contribution in [-0.2, 0) is 6.42 Å². The van der Waals surface area contributed by atoms with Gasteiger partial charge in [0.1, 0.15) is 5.58 Å². The van der Waals surface area contributed by atoms with E-state index in [1.165, 1.54) is 0 Å². The van der Waals surface area contributed by atoms with Gasteiger partial charge in [0.15, 0.2) is 5.43 Å². The molecule has 1 aliphatic heterocycles. The van der Waals surface area contributed by atoms with Crippen molar-refractivity contribution < 1.29 is 9.21 Å². The van der Waals surface area contributed by atoms with Crippen LogP contribution < -0.4 is 5.43 Å². The van der Waals surface area contributed by atoms with Gasteiger partial charge in [0.2, 0.25) is 5.76 Å². The fourth-order valence-electron chi connectivity index (χ4n) is 4.27. The van der Waals surface area contributed by atoms with E-state index >= 15 is 0 Å². The summed E-state index contributed by atoms with van der Waals surface area (Å²) in [6, 6.07) is 9.27. The molecule has 4 rings (SSSR count). The monoisotopic (exact) mass is 424 g/mol. The molecule has 3 heterocycles. The Kier molecular flexibility index (Phi) is 6.06.